The van der Waals surface area contributed by atoms with Crippen LogP contribution in [-0.4, -0.2) is 19.0 Å². The Labute approximate surface area is 174 Å². The van der Waals surface area contributed by atoms with Crippen molar-refractivity contribution in [3.63, 3.8) is 0 Å². The summed E-state index contributed by atoms with van der Waals surface area (Å²) in [7, 11) is 1.61. The Morgan fingerprint density at radius 3 is 2.10 bits per heavy atom. The normalized spacial score (nSPS) is 10.3. The van der Waals surface area contributed by atoms with E-state index in [2.05, 4.69) is 5.32 Å². The van der Waals surface area contributed by atoms with Crippen molar-refractivity contribution in [1.29, 1.82) is 0 Å². The Bertz CT molecular complexity index is 967. The molecule has 1 amide bonds. The zero-order chi connectivity index (χ0) is 20.6. The highest BCUT2D eigenvalue weighted by Gasteiger charge is 2.09. The number of carbonyl (C=O) groups is 2. The molecule has 0 radical (unpaired) electrons. The fraction of sp³-hybridized carbons (Fsp3) is 0.130. The molecule has 5 nitrogen and oxygen atoms in total. The Kier molecular flexibility index (Phi) is 6.87. The lowest BCUT2D eigenvalue weighted by Crippen LogP contribution is -2.12. The molecule has 3 aromatic carbocycles. The van der Waals surface area contributed by atoms with E-state index in [0.717, 1.165) is 11.3 Å². The van der Waals surface area contributed by atoms with Crippen molar-refractivity contribution in [3.8, 4) is 11.5 Å². The van der Waals surface area contributed by atoms with Gasteiger partial charge in [0.15, 0.2) is 0 Å². The highest BCUT2D eigenvalue weighted by atomic mass is 35.5. The minimum atomic E-state index is -0.334. The van der Waals surface area contributed by atoms with Gasteiger partial charge >= 0.3 is 5.97 Å². The third kappa shape index (κ3) is 6.09. The maximum atomic E-state index is 12.3. The molecule has 0 bridgehead atoms. The van der Waals surface area contributed by atoms with Crippen LogP contribution >= 0.6 is 11.6 Å². The standard InChI is InChI=1S/C23H20ClNO4/c1-28-20-11-2-16(3-12-20)4-15-22(26)29-21-13-5-17(6-14-21)23(27)25-19-9-7-18(24)8-10-19/h2-3,5-14H,4,15H2,1H3,(H,25,27). The average Bonchev–Trinajstić information content (AvgIpc) is 2.75. The fourth-order valence-electron chi connectivity index (χ4n) is 2.63. The lowest BCUT2D eigenvalue weighted by atomic mass is 10.1. The van der Waals surface area contributed by atoms with Crippen molar-refractivity contribution in [2.24, 2.45) is 0 Å². The number of anilines is 1. The summed E-state index contributed by atoms with van der Waals surface area (Å²) < 4.78 is 10.4. The van der Waals surface area contributed by atoms with Gasteiger partial charge < -0.3 is 14.8 Å². The summed E-state index contributed by atoms with van der Waals surface area (Å²) in [5.74, 6) is 0.577. The van der Waals surface area contributed by atoms with E-state index in [1.807, 2.05) is 24.3 Å². The van der Waals surface area contributed by atoms with Crippen LogP contribution in [-0.2, 0) is 11.2 Å². The van der Waals surface area contributed by atoms with E-state index < -0.39 is 0 Å². The van der Waals surface area contributed by atoms with Gasteiger partial charge in [0.25, 0.3) is 5.91 Å². The molecule has 29 heavy (non-hydrogen) atoms. The lowest BCUT2D eigenvalue weighted by Gasteiger charge is -2.07. The summed E-state index contributed by atoms with van der Waals surface area (Å²) in [6, 6.07) is 20.8. The number of aryl methyl sites for hydroxylation is 1. The first kappa shape index (κ1) is 20.4. The van der Waals surface area contributed by atoms with Gasteiger partial charge in [-0.25, -0.2) is 0 Å². The topological polar surface area (TPSA) is 64.6 Å². The summed E-state index contributed by atoms with van der Waals surface area (Å²) in [6.07, 6.45) is 0.829. The van der Waals surface area contributed by atoms with Gasteiger partial charge in [0.2, 0.25) is 0 Å². The van der Waals surface area contributed by atoms with Crippen LogP contribution in [0.25, 0.3) is 0 Å². The summed E-state index contributed by atoms with van der Waals surface area (Å²) in [6.45, 7) is 0. The molecule has 3 aromatic rings. The zero-order valence-corrected chi connectivity index (χ0v) is 16.6. The van der Waals surface area contributed by atoms with E-state index in [9.17, 15) is 9.59 Å². The van der Waals surface area contributed by atoms with E-state index in [0.29, 0.717) is 28.4 Å². The van der Waals surface area contributed by atoms with Crippen LogP contribution in [0.5, 0.6) is 11.5 Å². The summed E-state index contributed by atoms with van der Waals surface area (Å²) in [5, 5.41) is 3.38. The van der Waals surface area contributed by atoms with Crippen molar-refractivity contribution >= 4 is 29.2 Å². The minimum absolute atomic E-state index is 0.255. The molecule has 0 saturated heterocycles. The SMILES string of the molecule is COc1ccc(CCC(=O)Oc2ccc(C(=O)Nc3ccc(Cl)cc3)cc2)cc1. The predicted octanol–water partition coefficient (Wildman–Crippen LogP) is 5.14. The summed E-state index contributed by atoms with van der Waals surface area (Å²) in [5.41, 5.74) is 2.13. The van der Waals surface area contributed by atoms with Crippen molar-refractivity contribution in [2.45, 2.75) is 12.8 Å². The maximum absolute atomic E-state index is 12.3. The first-order valence-electron chi connectivity index (χ1n) is 9.04. The van der Waals surface area contributed by atoms with Gasteiger partial charge in [-0.2, -0.15) is 0 Å². The van der Waals surface area contributed by atoms with E-state index in [4.69, 9.17) is 21.1 Å². The first-order valence-corrected chi connectivity index (χ1v) is 9.42. The second-order valence-corrected chi connectivity index (χ2v) is 6.74. The van der Waals surface area contributed by atoms with E-state index in [1.165, 1.54) is 0 Å². The molecule has 6 heteroatoms. The molecule has 0 fully saturated rings. The molecular formula is C23H20ClNO4. The van der Waals surface area contributed by atoms with Gasteiger partial charge in [-0.1, -0.05) is 23.7 Å². The molecule has 1 N–H and O–H groups in total. The number of esters is 1. The van der Waals surface area contributed by atoms with Gasteiger partial charge in [0, 0.05) is 22.7 Å². The molecule has 0 aliphatic carbocycles. The Morgan fingerprint density at radius 1 is 0.862 bits per heavy atom. The smallest absolute Gasteiger partial charge is 0.311 e. The van der Waals surface area contributed by atoms with Crippen molar-refractivity contribution in [3.05, 3.63) is 88.9 Å². The molecule has 0 saturated carbocycles. The molecule has 0 aliphatic rings. The van der Waals surface area contributed by atoms with Crippen LogP contribution in [0.1, 0.15) is 22.3 Å². The van der Waals surface area contributed by atoms with Crippen LogP contribution in [0.4, 0.5) is 5.69 Å². The predicted molar refractivity (Wildman–Crippen MR) is 113 cm³/mol. The van der Waals surface area contributed by atoms with Crippen molar-refractivity contribution < 1.29 is 19.1 Å². The lowest BCUT2D eigenvalue weighted by molar-refractivity contribution is -0.134. The molecule has 0 aliphatic heterocycles. The highest BCUT2D eigenvalue weighted by Crippen LogP contribution is 2.17. The number of hydrogen-bond donors (Lipinski definition) is 1. The van der Waals surface area contributed by atoms with E-state index >= 15 is 0 Å². The molecule has 0 heterocycles. The fourth-order valence-corrected chi connectivity index (χ4v) is 2.76. The van der Waals surface area contributed by atoms with Crippen LogP contribution < -0.4 is 14.8 Å². The average molecular weight is 410 g/mol. The van der Waals surface area contributed by atoms with Gasteiger partial charge in [-0.05, 0) is 72.6 Å². The van der Waals surface area contributed by atoms with Gasteiger partial charge in [0.1, 0.15) is 11.5 Å². The molecular weight excluding hydrogens is 390 g/mol. The highest BCUT2D eigenvalue weighted by molar-refractivity contribution is 6.30. The second-order valence-electron chi connectivity index (χ2n) is 6.31. The number of ether oxygens (including phenoxy) is 2. The second kappa shape index (κ2) is 9.75. The maximum Gasteiger partial charge on any atom is 0.311 e. The van der Waals surface area contributed by atoms with Crippen LogP contribution in [0, 0.1) is 0 Å². The molecule has 0 aromatic heterocycles. The number of rotatable bonds is 7. The number of amides is 1. The van der Waals surface area contributed by atoms with Crippen LogP contribution in [0.15, 0.2) is 72.8 Å². The van der Waals surface area contributed by atoms with E-state index in [-0.39, 0.29) is 18.3 Å². The molecule has 0 unspecified atom stereocenters. The molecule has 0 spiro atoms. The van der Waals surface area contributed by atoms with Gasteiger partial charge in [-0.15, -0.1) is 0 Å². The number of hydrogen-bond acceptors (Lipinski definition) is 4. The number of methoxy groups -OCH3 is 1. The first-order chi connectivity index (χ1) is 14.0. The van der Waals surface area contributed by atoms with E-state index in [1.54, 1.807) is 55.6 Å². The number of benzene rings is 3. The number of nitrogens with one attached hydrogen (secondary N) is 1. The van der Waals surface area contributed by atoms with Gasteiger partial charge in [-0.3, -0.25) is 9.59 Å². The number of halogens is 1. The Balaban J connectivity index is 1.50. The molecule has 0 atom stereocenters. The quantitative estimate of drug-likeness (QED) is 0.433. The Hall–Kier alpha value is -3.31. The largest absolute Gasteiger partial charge is 0.497 e. The zero-order valence-electron chi connectivity index (χ0n) is 15.9. The third-order valence-electron chi connectivity index (χ3n) is 4.23. The van der Waals surface area contributed by atoms with Crippen molar-refractivity contribution in [1.82, 2.24) is 0 Å². The summed E-state index contributed by atoms with van der Waals surface area (Å²) >= 11 is 5.83. The van der Waals surface area contributed by atoms with Crippen LogP contribution in [0.2, 0.25) is 5.02 Å². The number of carbonyl (C=O) groups excluding carboxylic acids is 2. The van der Waals surface area contributed by atoms with Gasteiger partial charge in [0.05, 0.1) is 7.11 Å². The molecule has 3 rings (SSSR count). The molecule has 148 valence electrons. The Morgan fingerprint density at radius 2 is 1.48 bits per heavy atom. The summed E-state index contributed by atoms with van der Waals surface area (Å²) in [4.78, 5) is 24.3. The van der Waals surface area contributed by atoms with Crippen molar-refractivity contribution in [2.75, 3.05) is 12.4 Å². The minimum Gasteiger partial charge on any atom is -0.497 e. The van der Waals surface area contributed by atoms with Crippen LogP contribution in [0.3, 0.4) is 0 Å². The third-order valence-corrected chi connectivity index (χ3v) is 4.48. The monoisotopic (exact) mass is 409 g/mol.